The van der Waals surface area contributed by atoms with Crippen LogP contribution in [0.4, 0.5) is 0 Å². The molecule has 0 N–H and O–H groups in total. The Morgan fingerprint density at radius 2 is 1.84 bits per heavy atom. The molecule has 5 heteroatoms. The smallest absolute Gasteiger partial charge is 0.346 e. The van der Waals surface area contributed by atoms with Gasteiger partial charge in [-0.3, -0.25) is 0 Å². The van der Waals surface area contributed by atoms with E-state index in [2.05, 4.69) is 4.98 Å². The number of carbonyl (C=O) groups is 1. The van der Waals surface area contributed by atoms with Crippen LogP contribution in [-0.2, 0) is 0 Å². The Morgan fingerprint density at radius 3 is 2.47 bits per heavy atom. The minimum Gasteiger partial charge on any atom is -0.497 e. The maximum absolute atomic E-state index is 12.0. The molecule has 2 rings (SSSR count). The second-order valence-electron chi connectivity index (χ2n) is 3.63. The van der Waals surface area contributed by atoms with Crippen molar-refractivity contribution >= 4 is 17.7 Å². The Bertz CT molecular complexity index is 569. The minimum atomic E-state index is -0.414. The zero-order valence-corrected chi connectivity index (χ0v) is 11.4. The summed E-state index contributed by atoms with van der Waals surface area (Å²) in [6.45, 7) is 0. The standard InChI is InChI=1S/C14H13NO3S/c1-17-10-5-7-11(8-6-10)18-14(16)12-4-3-9-15-13(12)19-2/h3-9H,1-2H3. The summed E-state index contributed by atoms with van der Waals surface area (Å²) in [5, 5.41) is 0.654. The predicted octanol–water partition coefficient (Wildman–Crippen LogP) is 3.03. The monoisotopic (exact) mass is 275 g/mol. The predicted molar refractivity (Wildman–Crippen MR) is 74.0 cm³/mol. The number of benzene rings is 1. The molecule has 0 fully saturated rings. The number of pyridine rings is 1. The highest BCUT2D eigenvalue weighted by atomic mass is 32.2. The largest absolute Gasteiger partial charge is 0.497 e. The molecule has 0 atom stereocenters. The van der Waals surface area contributed by atoms with Gasteiger partial charge in [-0.2, -0.15) is 0 Å². The van der Waals surface area contributed by atoms with E-state index < -0.39 is 5.97 Å². The van der Waals surface area contributed by atoms with Crippen molar-refractivity contribution in [3.63, 3.8) is 0 Å². The fourth-order valence-electron chi connectivity index (χ4n) is 1.51. The molecule has 19 heavy (non-hydrogen) atoms. The van der Waals surface area contributed by atoms with Crippen molar-refractivity contribution in [2.24, 2.45) is 0 Å². The number of ether oxygens (including phenoxy) is 2. The Balaban J connectivity index is 2.16. The third kappa shape index (κ3) is 3.26. The van der Waals surface area contributed by atoms with Crippen LogP contribution in [-0.4, -0.2) is 24.3 Å². The number of hydrogen-bond acceptors (Lipinski definition) is 5. The number of rotatable bonds is 4. The molecule has 1 aromatic heterocycles. The van der Waals surface area contributed by atoms with Crippen molar-refractivity contribution in [3.8, 4) is 11.5 Å². The third-order valence-corrected chi connectivity index (χ3v) is 3.17. The van der Waals surface area contributed by atoms with Crippen LogP contribution in [0.2, 0.25) is 0 Å². The van der Waals surface area contributed by atoms with E-state index in [0.717, 1.165) is 0 Å². The van der Waals surface area contributed by atoms with E-state index >= 15 is 0 Å². The molecule has 0 aliphatic rings. The molecule has 0 amide bonds. The maximum atomic E-state index is 12.0. The van der Waals surface area contributed by atoms with Gasteiger partial charge in [-0.25, -0.2) is 9.78 Å². The van der Waals surface area contributed by atoms with Crippen molar-refractivity contribution in [3.05, 3.63) is 48.2 Å². The second kappa shape index (κ2) is 6.24. The highest BCUT2D eigenvalue weighted by Gasteiger charge is 2.13. The Labute approximate surface area is 115 Å². The minimum absolute atomic E-state index is 0.414. The van der Waals surface area contributed by atoms with Gasteiger partial charge in [0.2, 0.25) is 0 Å². The Kier molecular flexibility index (Phi) is 4.41. The van der Waals surface area contributed by atoms with Crippen molar-refractivity contribution in [2.75, 3.05) is 13.4 Å². The van der Waals surface area contributed by atoms with E-state index in [1.165, 1.54) is 11.8 Å². The SMILES string of the molecule is COc1ccc(OC(=O)c2cccnc2SC)cc1. The third-order valence-electron chi connectivity index (χ3n) is 2.45. The van der Waals surface area contributed by atoms with Gasteiger partial charge in [0, 0.05) is 6.20 Å². The molecule has 4 nitrogen and oxygen atoms in total. The van der Waals surface area contributed by atoms with Crippen molar-refractivity contribution in [2.45, 2.75) is 5.03 Å². The molecular formula is C14H13NO3S. The number of carbonyl (C=O) groups excluding carboxylic acids is 1. The first-order valence-corrected chi connectivity index (χ1v) is 6.82. The fraction of sp³-hybridized carbons (Fsp3) is 0.143. The maximum Gasteiger partial charge on any atom is 0.346 e. The molecule has 98 valence electrons. The number of aromatic nitrogens is 1. The first-order valence-electron chi connectivity index (χ1n) is 5.60. The van der Waals surface area contributed by atoms with E-state index in [-0.39, 0.29) is 0 Å². The van der Waals surface area contributed by atoms with Crippen molar-refractivity contribution in [1.82, 2.24) is 4.98 Å². The molecule has 0 aliphatic carbocycles. The van der Waals surface area contributed by atoms with Crippen LogP contribution in [0.1, 0.15) is 10.4 Å². The van der Waals surface area contributed by atoms with Crippen LogP contribution >= 0.6 is 11.8 Å². The van der Waals surface area contributed by atoms with Crippen LogP contribution in [0, 0.1) is 0 Å². The lowest BCUT2D eigenvalue weighted by Crippen LogP contribution is -2.10. The Hall–Kier alpha value is -2.01. The highest BCUT2D eigenvalue weighted by molar-refractivity contribution is 7.98. The molecular weight excluding hydrogens is 262 g/mol. The molecule has 2 aromatic rings. The summed E-state index contributed by atoms with van der Waals surface area (Å²) >= 11 is 1.41. The van der Waals surface area contributed by atoms with Gasteiger partial charge < -0.3 is 9.47 Å². The van der Waals surface area contributed by atoms with E-state index in [0.29, 0.717) is 22.1 Å². The van der Waals surface area contributed by atoms with Gasteiger partial charge in [0.05, 0.1) is 12.7 Å². The summed E-state index contributed by atoms with van der Waals surface area (Å²) in [5.41, 5.74) is 0.464. The average Bonchev–Trinajstić information content (AvgIpc) is 2.48. The molecule has 0 spiro atoms. The summed E-state index contributed by atoms with van der Waals surface area (Å²) in [6.07, 6.45) is 3.52. The lowest BCUT2D eigenvalue weighted by atomic mass is 10.3. The van der Waals surface area contributed by atoms with Gasteiger partial charge in [0.1, 0.15) is 16.5 Å². The zero-order chi connectivity index (χ0) is 13.7. The highest BCUT2D eigenvalue weighted by Crippen LogP contribution is 2.21. The normalized spacial score (nSPS) is 10.0. The molecule has 1 aromatic carbocycles. The number of hydrogen-bond donors (Lipinski definition) is 0. The molecule has 0 bridgehead atoms. The molecule has 0 saturated carbocycles. The van der Waals surface area contributed by atoms with Crippen LogP contribution in [0.5, 0.6) is 11.5 Å². The Morgan fingerprint density at radius 1 is 1.16 bits per heavy atom. The number of thioether (sulfide) groups is 1. The van der Waals surface area contributed by atoms with Crippen LogP contribution in [0.15, 0.2) is 47.6 Å². The summed E-state index contributed by atoms with van der Waals surface area (Å²) in [7, 11) is 1.58. The van der Waals surface area contributed by atoms with Crippen LogP contribution in [0.3, 0.4) is 0 Å². The van der Waals surface area contributed by atoms with Crippen LogP contribution in [0.25, 0.3) is 0 Å². The van der Waals surface area contributed by atoms with Gasteiger partial charge in [-0.1, -0.05) is 0 Å². The van der Waals surface area contributed by atoms with Gasteiger partial charge in [0.25, 0.3) is 0 Å². The first kappa shape index (κ1) is 13.4. The van der Waals surface area contributed by atoms with E-state index in [4.69, 9.17) is 9.47 Å². The molecule has 0 unspecified atom stereocenters. The van der Waals surface area contributed by atoms with Gasteiger partial charge in [0.15, 0.2) is 0 Å². The number of methoxy groups -OCH3 is 1. The quantitative estimate of drug-likeness (QED) is 0.487. The molecule has 0 aliphatic heterocycles. The summed E-state index contributed by atoms with van der Waals surface area (Å²) < 4.78 is 10.3. The van der Waals surface area contributed by atoms with Crippen molar-refractivity contribution < 1.29 is 14.3 Å². The number of nitrogens with zero attached hydrogens (tertiary/aromatic N) is 1. The summed E-state index contributed by atoms with van der Waals surface area (Å²) in [4.78, 5) is 16.2. The topological polar surface area (TPSA) is 48.4 Å². The molecule has 0 radical (unpaired) electrons. The number of esters is 1. The average molecular weight is 275 g/mol. The molecule has 0 saturated heterocycles. The summed E-state index contributed by atoms with van der Waals surface area (Å²) in [6, 6.07) is 10.3. The second-order valence-corrected chi connectivity index (χ2v) is 4.42. The van der Waals surface area contributed by atoms with Crippen molar-refractivity contribution in [1.29, 1.82) is 0 Å². The van der Waals surface area contributed by atoms with E-state index in [1.54, 1.807) is 49.7 Å². The van der Waals surface area contributed by atoms with Gasteiger partial charge in [-0.15, -0.1) is 11.8 Å². The fourth-order valence-corrected chi connectivity index (χ4v) is 2.05. The lowest BCUT2D eigenvalue weighted by molar-refractivity contribution is 0.0730. The van der Waals surface area contributed by atoms with Gasteiger partial charge >= 0.3 is 5.97 Å². The zero-order valence-electron chi connectivity index (χ0n) is 10.6. The van der Waals surface area contributed by atoms with E-state index in [1.807, 2.05) is 6.26 Å². The lowest BCUT2D eigenvalue weighted by Gasteiger charge is -2.07. The van der Waals surface area contributed by atoms with Gasteiger partial charge in [-0.05, 0) is 42.7 Å². The summed E-state index contributed by atoms with van der Waals surface area (Å²) in [5.74, 6) is 0.773. The molecule has 1 heterocycles. The first-order chi connectivity index (χ1) is 9.24. The van der Waals surface area contributed by atoms with Crippen LogP contribution < -0.4 is 9.47 Å². The van der Waals surface area contributed by atoms with E-state index in [9.17, 15) is 4.79 Å².